The minimum absolute atomic E-state index is 0.0971. The van der Waals surface area contributed by atoms with Gasteiger partial charge in [0, 0.05) is 5.69 Å². The van der Waals surface area contributed by atoms with Crippen LogP contribution in [0.4, 0.5) is 18.9 Å². The number of anilines is 1. The second kappa shape index (κ2) is 6.04. The lowest BCUT2D eigenvalue weighted by molar-refractivity contribution is -0.0498. The average molecular weight is 317 g/mol. The van der Waals surface area contributed by atoms with Crippen LogP contribution in [0.5, 0.6) is 5.75 Å². The van der Waals surface area contributed by atoms with Crippen molar-refractivity contribution < 1.29 is 26.3 Å². The first-order chi connectivity index (χ1) is 9.88. The lowest BCUT2D eigenvalue weighted by Gasteiger charge is -2.09. The van der Waals surface area contributed by atoms with Crippen molar-refractivity contribution in [2.24, 2.45) is 0 Å². The lowest BCUT2D eigenvalue weighted by atomic mass is 10.3. The van der Waals surface area contributed by atoms with Gasteiger partial charge < -0.3 is 4.74 Å². The molecule has 0 saturated carbocycles. The molecule has 0 spiro atoms. The first-order valence-electron chi connectivity index (χ1n) is 5.71. The van der Waals surface area contributed by atoms with E-state index < -0.39 is 27.3 Å². The molecule has 1 N–H and O–H groups in total. The van der Waals surface area contributed by atoms with Gasteiger partial charge in [0.2, 0.25) is 0 Å². The van der Waals surface area contributed by atoms with Crippen LogP contribution in [-0.4, -0.2) is 15.0 Å². The SMILES string of the molecule is O=S(=O)(Nc1ccc(OC(F)F)cc1)c1ccccc1F. The number of ether oxygens (including phenoxy) is 1. The summed E-state index contributed by atoms with van der Waals surface area (Å²) in [5.74, 6) is -0.999. The molecule has 0 aliphatic carbocycles. The molecule has 0 amide bonds. The maximum atomic E-state index is 13.5. The highest BCUT2D eigenvalue weighted by atomic mass is 32.2. The van der Waals surface area contributed by atoms with Gasteiger partial charge in [-0.15, -0.1) is 0 Å². The molecule has 0 fully saturated rings. The largest absolute Gasteiger partial charge is 0.435 e. The van der Waals surface area contributed by atoms with Crippen LogP contribution in [-0.2, 0) is 10.0 Å². The third-order valence-corrected chi connectivity index (χ3v) is 3.87. The number of nitrogens with one attached hydrogen (secondary N) is 1. The number of hydrogen-bond acceptors (Lipinski definition) is 3. The average Bonchev–Trinajstić information content (AvgIpc) is 2.40. The molecule has 0 atom stereocenters. The molecule has 8 heteroatoms. The Morgan fingerprint density at radius 1 is 1.00 bits per heavy atom. The molecular weight excluding hydrogens is 307 g/mol. The predicted molar refractivity (Wildman–Crippen MR) is 70.3 cm³/mol. The number of hydrogen-bond donors (Lipinski definition) is 1. The van der Waals surface area contributed by atoms with E-state index in [2.05, 4.69) is 9.46 Å². The third-order valence-electron chi connectivity index (χ3n) is 2.46. The highest BCUT2D eigenvalue weighted by molar-refractivity contribution is 7.92. The van der Waals surface area contributed by atoms with Gasteiger partial charge in [0.05, 0.1) is 0 Å². The van der Waals surface area contributed by atoms with Gasteiger partial charge >= 0.3 is 6.61 Å². The standard InChI is InChI=1S/C13H10F3NO3S/c14-11-3-1-2-4-12(11)21(18,19)17-9-5-7-10(8-6-9)20-13(15)16/h1-8,13,17H. The van der Waals surface area contributed by atoms with Gasteiger partial charge in [-0.3, -0.25) is 4.72 Å². The maximum absolute atomic E-state index is 13.5. The Morgan fingerprint density at radius 2 is 1.62 bits per heavy atom. The van der Waals surface area contributed by atoms with Crippen LogP contribution in [0.2, 0.25) is 0 Å². The first kappa shape index (κ1) is 15.2. The van der Waals surface area contributed by atoms with Crippen molar-refractivity contribution in [2.45, 2.75) is 11.5 Å². The molecule has 0 bridgehead atoms. The van der Waals surface area contributed by atoms with Crippen LogP contribution < -0.4 is 9.46 Å². The Labute approximate surface area is 119 Å². The van der Waals surface area contributed by atoms with Crippen molar-refractivity contribution in [3.63, 3.8) is 0 Å². The quantitative estimate of drug-likeness (QED) is 0.921. The van der Waals surface area contributed by atoms with Gasteiger partial charge in [0.15, 0.2) is 0 Å². The fraction of sp³-hybridized carbons (Fsp3) is 0.0769. The summed E-state index contributed by atoms with van der Waals surface area (Å²) < 4.78 is 67.7. The fourth-order valence-electron chi connectivity index (χ4n) is 1.58. The molecule has 0 radical (unpaired) electrons. The van der Waals surface area contributed by atoms with Crippen LogP contribution in [0.25, 0.3) is 0 Å². The molecule has 112 valence electrons. The highest BCUT2D eigenvalue weighted by Crippen LogP contribution is 2.21. The summed E-state index contributed by atoms with van der Waals surface area (Å²) in [6.45, 7) is -2.97. The Kier molecular flexibility index (Phi) is 4.37. The Bertz CT molecular complexity index is 718. The summed E-state index contributed by atoms with van der Waals surface area (Å²) in [5.41, 5.74) is 0.0971. The van der Waals surface area contributed by atoms with Crippen LogP contribution in [0, 0.1) is 5.82 Å². The second-order valence-corrected chi connectivity index (χ2v) is 5.59. The van der Waals surface area contributed by atoms with Crippen molar-refractivity contribution in [2.75, 3.05) is 4.72 Å². The van der Waals surface area contributed by atoms with Gasteiger partial charge in [0.1, 0.15) is 16.5 Å². The zero-order valence-electron chi connectivity index (χ0n) is 10.5. The number of halogens is 3. The number of alkyl halides is 2. The first-order valence-corrected chi connectivity index (χ1v) is 7.19. The summed E-state index contributed by atoms with van der Waals surface area (Å²) in [6.07, 6.45) is 0. The molecule has 2 aromatic rings. The monoisotopic (exact) mass is 317 g/mol. The summed E-state index contributed by atoms with van der Waals surface area (Å²) in [7, 11) is -4.09. The summed E-state index contributed by atoms with van der Waals surface area (Å²) in [6, 6.07) is 9.70. The smallest absolute Gasteiger partial charge is 0.387 e. The fourth-order valence-corrected chi connectivity index (χ4v) is 2.72. The second-order valence-electron chi connectivity index (χ2n) is 3.94. The van der Waals surface area contributed by atoms with E-state index in [-0.39, 0.29) is 11.4 Å². The number of benzene rings is 2. The third kappa shape index (κ3) is 3.88. The van der Waals surface area contributed by atoms with Crippen LogP contribution in [0.15, 0.2) is 53.4 Å². The van der Waals surface area contributed by atoms with Crippen LogP contribution in [0.1, 0.15) is 0 Å². The molecule has 0 aliphatic heterocycles. The Balaban J connectivity index is 2.19. The summed E-state index contributed by atoms with van der Waals surface area (Å²) in [5, 5.41) is 0. The molecule has 0 heterocycles. The molecule has 2 rings (SSSR count). The topological polar surface area (TPSA) is 55.4 Å². The summed E-state index contributed by atoms with van der Waals surface area (Å²) >= 11 is 0. The number of sulfonamides is 1. The van der Waals surface area contributed by atoms with Crippen molar-refractivity contribution in [3.8, 4) is 5.75 Å². The molecule has 0 unspecified atom stereocenters. The zero-order valence-corrected chi connectivity index (χ0v) is 11.3. The van der Waals surface area contributed by atoms with Crippen molar-refractivity contribution in [1.29, 1.82) is 0 Å². The van der Waals surface area contributed by atoms with E-state index in [1.54, 1.807) is 0 Å². The van der Waals surface area contributed by atoms with E-state index in [0.29, 0.717) is 0 Å². The molecule has 2 aromatic carbocycles. The van der Waals surface area contributed by atoms with Crippen molar-refractivity contribution in [1.82, 2.24) is 0 Å². The predicted octanol–water partition coefficient (Wildman–Crippen LogP) is 3.23. The van der Waals surface area contributed by atoms with E-state index in [4.69, 9.17) is 0 Å². The van der Waals surface area contributed by atoms with E-state index in [1.165, 1.54) is 36.4 Å². The molecule has 4 nitrogen and oxygen atoms in total. The Morgan fingerprint density at radius 3 is 2.19 bits per heavy atom. The minimum atomic E-state index is -4.09. The molecule has 0 aliphatic rings. The molecule has 0 aromatic heterocycles. The maximum Gasteiger partial charge on any atom is 0.387 e. The molecule has 21 heavy (non-hydrogen) atoms. The summed E-state index contributed by atoms with van der Waals surface area (Å²) in [4.78, 5) is -0.502. The van der Waals surface area contributed by atoms with Gasteiger partial charge in [-0.05, 0) is 36.4 Å². The molecular formula is C13H10F3NO3S. The lowest BCUT2D eigenvalue weighted by Crippen LogP contribution is -2.14. The van der Waals surface area contributed by atoms with Gasteiger partial charge in [0.25, 0.3) is 10.0 Å². The van der Waals surface area contributed by atoms with Crippen molar-refractivity contribution >= 4 is 15.7 Å². The number of rotatable bonds is 5. The van der Waals surface area contributed by atoms with E-state index in [9.17, 15) is 21.6 Å². The van der Waals surface area contributed by atoms with Crippen molar-refractivity contribution in [3.05, 3.63) is 54.3 Å². The van der Waals surface area contributed by atoms with Gasteiger partial charge in [-0.2, -0.15) is 8.78 Å². The normalized spacial score (nSPS) is 11.4. The molecule has 0 saturated heterocycles. The van der Waals surface area contributed by atoms with E-state index in [1.807, 2.05) is 0 Å². The van der Waals surface area contributed by atoms with Crippen LogP contribution in [0.3, 0.4) is 0 Å². The zero-order chi connectivity index (χ0) is 15.5. The van der Waals surface area contributed by atoms with Gasteiger partial charge in [-0.25, -0.2) is 12.8 Å². The highest BCUT2D eigenvalue weighted by Gasteiger charge is 2.18. The minimum Gasteiger partial charge on any atom is -0.435 e. The van der Waals surface area contributed by atoms with E-state index in [0.717, 1.165) is 12.1 Å². The van der Waals surface area contributed by atoms with Crippen LogP contribution >= 0.6 is 0 Å². The van der Waals surface area contributed by atoms with Gasteiger partial charge in [-0.1, -0.05) is 12.1 Å². The Hall–Kier alpha value is -2.22. The van der Waals surface area contributed by atoms with E-state index >= 15 is 0 Å².